The molecule has 0 saturated carbocycles. The molecule has 184 valence electrons. The zero-order valence-corrected chi connectivity index (χ0v) is 19.4. The summed E-state index contributed by atoms with van der Waals surface area (Å²) in [6.45, 7) is -0.596. The second-order valence-electron chi connectivity index (χ2n) is 7.82. The van der Waals surface area contributed by atoms with Crippen LogP contribution in [0, 0.1) is 0 Å². The Balaban J connectivity index is 1.53. The number of aliphatic hydroxyl groups excluding tert-OH is 4. The van der Waals surface area contributed by atoms with Crippen molar-refractivity contribution >= 4 is 46.0 Å². The maximum Gasteiger partial charge on any atom is 0.229 e. The van der Waals surface area contributed by atoms with Gasteiger partial charge in [-0.05, 0) is 42.5 Å². The Morgan fingerprint density at radius 1 is 1.03 bits per heavy atom. The van der Waals surface area contributed by atoms with Crippen LogP contribution in [-0.4, -0.2) is 63.5 Å². The van der Waals surface area contributed by atoms with Crippen molar-refractivity contribution < 1.29 is 39.1 Å². The Labute approximate surface area is 208 Å². The standard InChI is InChI=1S/C24H20Cl2O9/c25-15-5-1-11(7-16(15)26)17(28)6-2-12-10-33-18-8-13(3-4-14(18)20(12)29)34-24-23(32)22(31)21(30)19(9-27)35-24/h1-8,10,19,21-24,27,30-32H,9H2/b6-2+/t19-,21-,22+,23-,24-/m1/s1. The summed E-state index contributed by atoms with van der Waals surface area (Å²) in [7, 11) is 0. The van der Waals surface area contributed by atoms with Crippen LogP contribution in [0.25, 0.3) is 17.0 Å². The lowest BCUT2D eigenvalue weighted by atomic mass is 9.99. The van der Waals surface area contributed by atoms with E-state index in [1.807, 2.05) is 0 Å². The number of carbonyl (C=O) groups is 1. The molecule has 0 radical (unpaired) electrons. The normalized spacial score (nSPS) is 24.7. The molecule has 5 atom stereocenters. The lowest BCUT2D eigenvalue weighted by Gasteiger charge is -2.39. The van der Waals surface area contributed by atoms with Gasteiger partial charge in [0.1, 0.15) is 42.0 Å². The molecule has 2 heterocycles. The van der Waals surface area contributed by atoms with Crippen molar-refractivity contribution in [2.75, 3.05) is 6.61 Å². The topological polar surface area (TPSA) is 147 Å². The molecule has 0 spiro atoms. The average molecular weight is 523 g/mol. The minimum absolute atomic E-state index is 0.133. The van der Waals surface area contributed by atoms with Crippen molar-refractivity contribution in [3.05, 3.63) is 80.1 Å². The molecule has 35 heavy (non-hydrogen) atoms. The summed E-state index contributed by atoms with van der Waals surface area (Å²) in [5.74, 6) is -0.241. The average Bonchev–Trinajstić information content (AvgIpc) is 2.85. The molecule has 0 aliphatic carbocycles. The Morgan fingerprint density at radius 2 is 1.80 bits per heavy atom. The monoisotopic (exact) mass is 522 g/mol. The number of allylic oxidation sites excluding steroid dienone is 1. The fourth-order valence-electron chi connectivity index (χ4n) is 3.52. The van der Waals surface area contributed by atoms with E-state index in [0.717, 1.165) is 0 Å². The van der Waals surface area contributed by atoms with Gasteiger partial charge in [-0.25, -0.2) is 0 Å². The Bertz CT molecular complexity index is 1330. The Morgan fingerprint density at radius 3 is 2.51 bits per heavy atom. The number of hydrogen-bond donors (Lipinski definition) is 4. The lowest BCUT2D eigenvalue weighted by Crippen LogP contribution is -2.60. The summed E-state index contributed by atoms with van der Waals surface area (Å²) >= 11 is 11.8. The van der Waals surface area contributed by atoms with Crippen LogP contribution in [-0.2, 0) is 4.74 Å². The van der Waals surface area contributed by atoms with Gasteiger partial charge in [-0.3, -0.25) is 9.59 Å². The number of ketones is 1. The molecule has 1 aliphatic heterocycles. The number of fused-ring (bicyclic) bond motifs is 1. The van der Waals surface area contributed by atoms with Crippen LogP contribution in [0.1, 0.15) is 15.9 Å². The van der Waals surface area contributed by atoms with Crippen LogP contribution in [0.15, 0.2) is 57.9 Å². The van der Waals surface area contributed by atoms with Crippen LogP contribution in [0.4, 0.5) is 0 Å². The number of benzene rings is 2. The first kappa shape index (κ1) is 25.3. The van der Waals surface area contributed by atoms with Gasteiger partial charge < -0.3 is 34.3 Å². The van der Waals surface area contributed by atoms with Crippen LogP contribution in [0.2, 0.25) is 10.0 Å². The fourth-order valence-corrected chi connectivity index (χ4v) is 3.82. The highest BCUT2D eigenvalue weighted by molar-refractivity contribution is 6.42. The molecule has 1 aromatic heterocycles. The van der Waals surface area contributed by atoms with Crippen molar-refractivity contribution in [2.24, 2.45) is 0 Å². The van der Waals surface area contributed by atoms with Crippen molar-refractivity contribution in [3.8, 4) is 5.75 Å². The molecular formula is C24H20Cl2O9. The van der Waals surface area contributed by atoms with Crippen LogP contribution < -0.4 is 10.2 Å². The van der Waals surface area contributed by atoms with E-state index in [1.54, 1.807) is 0 Å². The summed E-state index contributed by atoms with van der Waals surface area (Å²) in [5, 5.41) is 39.9. The highest BCUT2D eigenvalue weighted by atomic mass is 35.5. The number of aliphatic hydroxyl groups is 4. The van der Waals surface area contributed by atoms with Gasteiger partial charge in [0.15, 0.2) is 11.2 Å². The lowest BCUT2D eigenvalue weighted by molar-refractivity contribution is -0.277. The molecule has 0 amide bonds. The SMILES string of the molecule is O=C(/C=C/c1coc2cc(O[C@@H]3O[C@H](CO)[C@@H](O)[C@H](O)[C@H]3O)ccc2c1=O)c1ccc(Cl)c(Cl)c1. The van der Waals surface area contributed by atoms with Crippen LogP contribution in [0.3, 0.4) is 0 Å². The third kappa shape index (κ3) is 5.26. The Hall–Kier alpha value is -2.76. The number of halogens is 2. The Kier molecular flexibility index (Phi) is 7.58. The molecule has 1 fully saturated rings. The van der Waals surface area contributed by atoms with Gasteiger partial charge in [0.25, 0.3) is 0 Å². The van der Waals surface area contributed by atoms with E-state index in [4.69, 9.17) is 37.1 Å². The smallest absolute Gasteiger partial charge is 0.229 e. The molecular weight excluding hydrogens is 503 g/mol. The molecule has 0 bridgehead atoms. The molecule has 0 unspecified atom stereocenters. The van der Waals surface area contributed by atoms with Crippen LogP contribution in [0.5, 0.6) is 5.75 Å². The van der Waals surface area contributed by atoms with E-state index in [2.05, 4.69) is 0 Å². The maximum absolute atomic E-state index is 12.8. The van der Waals surface area contributed by atoms with Crippen molar-refractivity contribution in [1.29, 1.82) is 0 Å². The number of rotatable bonds is 6. The fraction of sp³-hybridized carbons (Fsp3) is 0.250. The first-order valence-corrected chi connectivity index (χ1v) is 11.2. The van der Waals surface area contributed by atoms with E-state index < -0.39 is 42.7 Å². The van der Waals surface area contributed by atoms with E-state index in [9.17, 15) is 30.0 Å². The van der Waals surface area contributed by atoms with Gasteiger partial charge >= 0.3 is 0 Å². The van der Waals surface area contributed by atoms with Gasteiger partial charge in [0, 0.05) is 11.6 Å². The summed E-state index contributed by atoms with van der Waals surface area (Å²) in [6, 6.07) is 8.68. The summed E-state index contributed by atoms with van der Waals surface area (Å²) in [4.78, 5) is 25.2. The van der Waals surface area contributed by atoms with Crippen LogP contribution >= 0.6 is 23.2 Å². The van der Waals surface area contributed by atoms with Crippen molar-refractivity contribution in [1.82, 2.24) is 0 Å². The van der Waals surface area contributed by atoms with Gasteiger partial charge in [-0.15, -0.1) is 0 Å². The number of ether oxygens (including phenoxy) is 2. The first-order valence-electron chi connectivity index (χ1n) is 10.4. The zero-order valence-electron chi connectivity index (χ0n) is 17.9. The molecule has 9 nitrogen and oxygen atoms in total. The largest absolute Gasteiger partial charge is 0.463 e. The third-order valence-corrected chi connectivity index (χ3v) is 6.23. The zero-order chi connectivity index (χ0) is 25.3. The predicted molar refractivity (Wildman–Crippen MR) is 127 cm³/mol. The van der Waals surface area contributed by atoms with Gasteiger partial charge in [-0.2, -0.15) is 0 Å². The summed E-state index contributed by atoms with van der Waals surface area (Å²) < 4.78 is 16.4. The molecule has 1 aliphatic rings. The molecule has 2 aromatic carbocycles. The van der Waals surface area contributed by atoms with E-state index >= 15 is 0 Å². The highest BCUT2D eigenvalue weighted by Gasteiger charge is 2.44. The number of hydrogen-bond acceptors (Lipinski definition) is 9. The molecule has 3 aromatic rings. The van der Waals surface area contributed by atoms with Crippen molar-refractivity contribution in [2.45, 2.75) is 30.7 Å². The molecule has 1 saturated heterocycles. The summed E-state index contributed by atoms with van der Waals surface area (Å²) in [6.07, 6.45) is -3.48. The molecule has 4 rings (SSSR count). The second kappa shape index (κ2) is 10.5. The van der Waals surface area contributed by atoms with Crippen molar-refractivity contribution in [3.63, 3.8) is 0 Å². The predicted octanol–water partition coefficient (Wildman–Crippen LogP) is 2.17. The van der Waals surface area contributed by atoms with E-state index in [1.165, 1.54) is 54.8 Å². The van der Waals surface area contributed by atoms with Gasteiger partial charge in [0.2, 0.25) is 6.29 Å². The minimum Gasteiger partial charge on any atom is -0.463 e. The van der Waals surface area contributed by atoms with Gasteiger partial charge in [-0.1, -0.05) is 23.2 Å². The number of carbonyl (C=O) groups excluding carboxylic acids is 1. The summed E-state index contributed by atoms with van der Waals surface area (Å²) in [5.41, 5.74) is 0.193. The van der Waals surface area contributed by atoms with E-state index in [0.29, 0.717) is 10.6 Å². The highest BCUT2D eigenvalue weighted by Crippen LogP contribution is 2.27. The third-order valence-electron chi connectivity index (χ3n) is 5.49. The van der Waals surface area contributed by atoms with E-state index in [-0.39, 0.29) is 33.1 Å². The minimum atomic E-state index is -1.59. The maximum atomic E-state index is 12.8. The quantitative estimate of drug-likeness (QED) is 0.282. The second-order valence-corrected chi connectivity index (χ2v) is 8.63. The molecule has 4 N–H and O–H groups in total. The first-order chi connectivity index (χ1) is 16.7. The van der Waals surface area contributed by atoms with Gasteiger partial charge in [0.05, 0.1) is 27.6 Å². The molecule has 11 heteroatoms.